The fraction of sp³-hybridized carbons (Fsp3) is 0.250. The highest BCUT2D eigenvalue weighted by atomic mass is 16.5. The summed E-state index contributed by atoms with van der Waals surface area (Å²) in [6.07, 6.45) is 11.5. The Bertz CT molecular complexity index is 879. The molecule has 140 valence electrons. The van der Waals surface area contributed by atoms with Crippen molar-refractivity contribution in [1.29, 1.82) is 5.41 Å². The Morgan fingerprint density at radius 2 is 2.00 bits per heavy atom. The third-order valence-electron chi connectivity index (χ3n) is 4.75. The smallest absolute Gasteiger partial charge is 0.224 e. The van der Waals surface area contributed by atoms with Gasteiger partial charge in [-0.15, -0.1) is 0 Å². The zero-order valence-corrected chi connectivity index (χ0v) is 16.7. The summed E-state index contributed by atoms with van der Waals surface area (Å²) in [5.41, 5.74) is 6.61. The Kier molecular flexibility index (Phi) is 7.30. The van der Waals surface area contributed by atoms with E-state index in [1.54, 1.807) is 25.3 Å². The lowest BCUT2D eigenvalue weighted by molar-refractivity contribution is 0.541. The molecule has 1 aliphatic rings. The Labute approximate surface area is 162 Å². The molecule has 3 heteroatoms. The van der Waals surface area contributed by atoms with Crippen molar-refractivity contribution in [1.82, 2.24) is 0 Å². The van der Waals surface area contributed by atoms with Crippen LogP contribution < -0.4 is 0 Å². The second kappa shape index (κ2) is 9.67. The van der Waals surface area contributed by atoms with Crippen LogP contribution in [0.4, 0.5) is 0 Å². The van der Waals surface area contributed by atoms with Gasteiger partial charge in [-0.2, -0.15) is 0 Å². The summed E-state index contributed by atoms with van der Waals surface area (Å²) in [5, 5.41) is 8.31. The minimum Gasteiger partial charge on any atom is -0.420 e. The molecule has 1 aromatic rings. The average Bonchev–Trinajstić information content (AvgIpc) is 2.69. The number of nitrogens with zero attached hydrogens (tertiary/aromatic N) is 1. The molecule has 0 spiro atoms. The van der Waals surface area contributed by atoms with Gasteiger partial charge in [0.2, 0.25) is 11.8 Å². The van der Waals surface area contributed by atoms with Crippen LogP contribution in [0.25, 0.3) is 5.57 Å². The highest BCUT2D eigenvalue weighted by Gasteiger charge is 2.19. The van der Waals surface area contributed by atoms with Crippen LogP contribution in [0, 0.1) is 5.41 Å². The Hall–Kier alpha value is -2.94. The van der Waals surface area contributed by atoms with E-state index in [2.05, 4.69) is 37.6 Å². The molecular weight excluding hydrogens is 332 g/mol. The number of hydrogen-bond acceptors (Lipinski definition) is 3. The molecule has 1 aliphatic carbocycles. The third-order valence-corrected chi connectivity index (χ3v) is 4.75. The van der Waals surface area contributed by atoms with Gasteiger partial charge in [0.1, 0.15) is 0 Å². The van der Waals surface area contributed by atoms with Crippen molar-refractivity contribution in [3.05, 3.63) is 89.1 Å². The number of benzene rings is 1. The zero-order valence-electron chi connectivity index (χ0n) is 16.7. The fourth-order valence-corrected chi connectivity index (χ4v) is 3.07. The number of allylic oxidation sites excluding steroid dienone is 7. The second-order valence-electron chi connectivity index (χ2n) is 6.41. The molecule has 0 aliphatic heterocycles. The van der Waals surface area contributed by atoms with E-state index >= 15 is 0 Å². The molecule has 1 aromatic carbocycles. The van der Waals surface area contributed by atoms with Gasteiger partial charge >= 0.3 is 0 Å². The van der Waals surface area contributed by atoms with Crippen molar-refractivity contribution >= 4 is 17.4 Å². The average molecular weight is 361 g/mol. The molecule has 0 saturated heterocycles. The highest BCUT2D eigenvalue weighted by Crippen LogP contribution is 2.34. The van der Waals surface area contributed by atoms with E-state index in [4.69, 9.17) is 10.1 Å². The molecule has 0 unspecified atom stereocenters. The molecule has 1 N–H and O–H groups in total. The maximum Gasteiger partial charge on any atom is 0.224 e. The van der Waals surface area contributed by atoms with Gasteiger partial charge in [-0.3, -0.25) is 10.4 Å². The molecule has 0 heterocycles. The zero-order chi connectivity index (χ0) is 19.8. The summed E-state index contributed by atoms with van der Waals surface area (Å²) in [6, 6.07) is 8.09. The van der Waals surface area contributed by atoms with Gasteiger partial charge in [0.25, 0.3) is 0 Å². The maximum absolute atomic E-state index is 8.31. The van der Waals surface area contributed by atoms with Crippen LogP contribution in [-0.2, 0) is 4.74 Å². The molecule has 0 atom stereocenters. The van der Waals surface area contributed by atoms with Gasteiger partial charge in [0.05, 0.1) is 0 Å². The Morgan fingerprint density at radius 3 is 2.67 bits per heavy atom. The van der Waals surface area contributed by atoms with Crippen LogP contribution >= 0.6 is 0 Å². The molecule has 0 aromatic heterocycles. The van der Waals surface area contributed by atoms with E-state index in [0.717, 1.165) is 24.0 Å². The van der Waals surface area contributed by atoms with Crippen LogP contribution in [0.2, 0.25) is 0 Å². The van der Waals surface area contributed by atoms with E-state index in [1.165, 1.54) is 16.7 Å². The number of nitrogens with one attached hydrogen (secondary N) is 1. The number of rotatable bonds is 5. The number of ether oxygens (including phenoxy) is 1. The summed E-state index contributed by atoms with van der Waals surface area (Å²) >= 11 is 0. The lowest BCUT2D eigenvalue weighted by Gasteiger charge is -2.20. The second-order valence-corrected chi connectivity index (χ2v) is 6.41. The standard InChI is InChI=1S/C24H28N2O/c1-6-8-13-19(7-2)23(25)27-24(26-5)22-15-10-9-14-21(22)20-16-11-12-17(3)18(20)4/h6-10,13-16,25H,1,11-12H2,2-5H3/b13-8-,19-7+,25-23?,26-24?. The molecular formula is C24H28N2O. The van der Waals surface area contributed by atoms with Gasteiger partial charge in [0, 0.05) is 18.2 Å². The van der Waals surface area contributed by atoms with Crippen molar-refractivity contribution in [2.24, 2.45) is 4.99 Å². The summed E-state index contributed by atoms with van der Waals surface area (Å²) in [6.45, 7) is 9.90. The first kappa shape index (κ1) is 20.4. The maximum atomic E-state index is 8.31. The summed E-state index contributed by atoms with van der Waals surface area (Å²) in [7, 11) is 1.69. The van der Waals surface area contributed by atoms with Crippen molar-refractivity contribution < 1.29 is 4.74 Å². The van der Waals surface area contributed by atoms with Gasteiger partial charge in [-0.25, -0.2) is 0 Å². The van der Waals surface area contributed by atoms with Crippen molar-refractivity contribution in [2.45, 2.75) is 33.6 Å². The highest BCUT2D eigenvalue weighted by molar-refractivity contribution is 6.09. The first-order valence-corrected chi connectivity index (χ1v) is 9.19. The molecule has 0 radical (unpaired) electrons. The van der Waals surface area contributed by atoms with Crippen LogP contribution in [0.3, 0.4) is 0 Å². The van der Waals surface area contributed by atoms with Crippen molar-refractivity contribution in [2.75, 3.05) is 7.05 Å². The van der Waals surface area contributed by atoms with Crippen molar-refractivity contribution in [3.63, 3.8) is 0 Å². The molecule has 0 saturated carbocycles. The Balaban J connectivity index is 2.40. The monoisotopic (exact) mass is 360 g/mol. The van der Waals surface area contributed by atoms with Crippen LogP contribution in [0.1, 0.15) is 44.7 Å². The predicted molar refractivity (Wildman–Crippen MR) is 116 cm³/mol. The largest absolute Gasteiger partial charge is 0.420 e. The Morgan fingerprint density at radius 1 is 1.26 bits per heavy atom. The van der Waals surface area contributed by atoms with E-state index in [1.807, 2.05) is 31.2 Å². The lowest BCUT2D eigenvalue weighted by atomic mass is 9.86. The van der Waals surface area contributed by atoms with E-state index in [0.29, 0.717) is 11.5 Å². The minimum absolute atomic E-state index is 0.0621. The molecule has 0 bridgehead atoms. The molecule has 0 fully saturated rings. The van der Waals surface area contributed by atoms with Gasteiger partial charge < -0.3 is 4.74 Å². The van der Waals surface area contributed by atoms with Crippen LogP contribution in [0.5, 0.6) is 0 Å². The molecule has 27 heavy (non-hydrogen) atoms. The third kappa shape index (κ3) is 4.82. The molecule has 2 rings (SSSR count). The number of aliphatic imine (C=N–C) groups is 1. The van der Waals surface area contributed by atoms with Gasteiger partial charge in [-0.1, -0.05) is 54.7 Å². The van der Waals surface area contributed by atoms with E-state index in [-0.39, 0.29) is 5.90 Å². The van der Waals surface area contributed by atoms with Crippen LogP contribution in [-0.4, -0.2) is 18.8 Å². The predicted octanol–water partition coefficient (Wildman–Crippen LogP) is 6.26. The first-order valence-electron chi connectivity index (χ1n) is 9.19. The summed E-state index contributed by atoms with van der Waals surface area (Å²) in [4.78, 5) is 4.33. The quantitative estimate of drug-likeness (QED) is 0.376. The summed E-state index contributed by atoms with van der Waals surface area (Å²) < 4.78 is 5.87. The minimum atomic E-state index is 0.0621. The van der Waals surface area contributed by atoms with E-state index < -0.39 is 0 Å². The normalized spacial score (nSPS) is 15.8. The first-order chi connectivity index (χ1) is 13.0. The lowest BCUT2D eigenvalue weighted by Crippen LogP contribution is -2.16. The van der Waals surface area contributed by atoms with Crippen LogP contribution in [0.15, 0.2) is 82.9 Å². The number of hydrogen-bond donors (Lipinski definition) is 1. The SMILES string of the molecule is C=C/C=C\C(=C/C)C(=N)OC(=NC)c1ccccc1C1=CCCC(C)=C1C. The topological polar surface area (TPSA) is 45.4 Å². The molecule has 0 amide bonds. The van der Waals surface area contributed by atoms with Gasteiger partial charge in [0.15, 0.2) is 0 Å². The molecule has 3 nitrogen and oxygen atoms in total. The van der Waals surface area contributed by atoms with E-state index in [9.17, 15) is 0 Å². The fourth-order valence-electron chi connectivity index (χ4n) is 3.07. The van der Waals surface area contributed by atoms with Gasteiger partial charge in [-0.05, 0) is 62.5 Å². The summed E-state index contributed by atoms with van der Waals surface area (Å²) in [5.74, 6) is 0.506. The van der Waals surface area contributed by atoms with Crippen molar-refractivity contribution in [3.8, 4) is 0 Å².